The number of ether oxygens (including phenoxy) is 1. The number of nitrogens with zero attached hydrogens (tertiary/aromatic N) is 1. The van der Waals surface area contributed by atoms with Gasteiger partial charge in [-0.25, -0.2) is 0 Å². The highest BCUT2D eigenvalue weighted by molar-refractivity contribution is 5.23. The van der Waals surface area contributed by atoms with Crippen molar-refractivity contribution in [3.05, 3.63) is 35.4 Å². The number of hydrogen-bond acceptors (Lipinski definition) is 3. The average molecular weight is 248 g/mol. The van der Waals surface area contributed by atoms with Crippen molar-refractivity contribution in [2.75, 3.05) is 26.8 Å². The summed E-state index contributed by atoms with van der Waals surface area (Å²) in [5, 5.41) is 3.20. The standard InChI is InChI=1S/C15H24N2O/c1-3-15-12-18-8-7-17(15)11-14-6-4-5-13(9-14)10-16-2/h4-6,9,15-16H,3,7-8,10-12H2,1-2H3. The summed E-state index contributed by atoms with van der Waals surface area (Å²) in [6, 6.07) is 9.44. The molecule has 0 bridgehead atoms. The van der Waals surface area contributed by atoms with Gasteiger partial charge in [0.25, 0.3) is 0 Å². The molecular formula is C15H24N2O. The van der Waals surface area contributed by atoms with Gasteiger partial charge in [-0.1, -0.05) is 31.2 Å². The monoisotopic (exact) mass is 248 g/mol. The van der Waals surface area contributed by atoms with Gasteiger partial charge in [-0.15, -0.1) is 0 Å². The fraction of sp³-hybridized carbons (Fsp3) is 0.600. The van der Waals surface area contributed by atoms with Gasteiger partial charge in [0, 0.05) is 25.7 Å². The Morgan fingerprint density at radius 1 is 1.39 bits per heavy atom. The van der Waals surface area contributed by atoms with Crippen LogP contribution in [0.25, 0.3) is 0 Å². The van der Waals surface area contributed by atoms with Gasteiger partial charge in [0.15, 0.2) is 0 Å². The Bertz CT molecular complexity index is 367. The average Bonchev–Trinajstić information content (AvgIpc) is 2.40. The van der Waals surface area contributed by atoms with Crippen LogP contribution in [-0.2, 0) is 17.8 Å². The van der Waals surface area contributed by atoms with Crippen LogP contribution >= 0.6 is 0 Å². The third kappa shape index (κ3) is 3.55. The van der Waals surface area contributed by atoms with Gasteiger partial charge in [0.2, 0.25) is 0 Å². The van der Waals surface area contributed by atoms with E-state index in [1.54, 1.807) is 0 Å². The summed E-state index contributed by atoms with van der Waals surface area (Å²) in [7, 11) is 1.99. The Hall–Kier alpha value is -0.900. The molecule has 0 radical (unpaired) electrons. The van der Waals surface area contributed by atoms with Gasteiger partial charge >= 0.3 is 0 Å². The third-order valence-electron chi connectivity index (χ3n) is 3.58. The number of hydrogen-bond donors (Lipinski definition) is 1. The summed E-state index contributed by atoms with van der Waals surface area (Å²) in [5.41, 5.74) is 2.76. The van der Waals surface area contributed by atoms with Crippen molar-refractivity contribution in [3.8, 4) is 0 Å². The van der Waals surface area contributed by atoms with Crippen molar-refractivity contribution in [1.82, 2.24) is 10.2 Å². The van der Waals surface area contributed by atoms with Crippen molar-refractivity contribution in [2.24, 2.45) is 0 Å². The summed E-state index contributed by atoms with van der Waals surface area (Å²) >= 11 is 0. The lowest BCUT2D eigenvalue weighted by molar-refractivity contribution is -0.0127. The highest BCUT2D eigenvalue weighted by Crippen LogP contribution is 2.15. The molecule has 0 saturated carbocycles. The van der Waals surface area contributed by atoms with Crippen LogP contribution in [0.3, 0.4) is 0 Å². The molecule has 0 amide bonds. The maximum Gasteiger partial charge on any atom is 0.0622 e. The van der Waals surface area contributed by atoms with Crippen LogP contribution < -0.4 is 5.32 Å². The van der Waals surface area contributed by atoms with Gasteiger partial charge < -0.3 is 10.1 Å². The highest BCUT2D eigenvalue weighted by atomic mass is 16.5. The smallest absolute Gasteiger partial charge is 0.0622 e. The maximum atomic E-state index is 5.55. The normalized spacial score (nSPS) is 21.1. The van der Waals surface area contributed by atoms with E-state index in [-0.39, 0.29) is 0 Å². The highest BCUT2D eigenvalue weighted by Gasteiger charge is 2.21. The molecule has 0 aliphatic carbocycles. The van der Waals surface area contributed by atoms with Crippen LogP contribution in [0.4, 0.5) is 0 Å². The van der Waals surface area contributed by atoms with Gasteiger partial charge in [0.1, 0.15) is 0 Å². The molecule has 1 atom stereocenters. The van der Waals surface area contributed by atoms with Crippen LogP contribution in [0.5, 0.6) is 0 Å². The summed E-state index contributed by atoms with van der Waals surface area (Å²) < 4.78 is 5.55. The molecule has 1 aliphatic rings. The number of benzene rings is 1. The molecule has 3 heteroatoms. The predicted octanol–water partition coefficient (Wildman–Crippen LogP) is 2.02. The largest absolute Gasteiger partial charge is 0.378 e. The molecule has 1 fully saturated rings. The molecule has 1 aromatic carbocycles. The molecule has 18 heavy (non-hydrogen) atoms. The molecule has 1 saturated heterocycles. The molecular weight excluding hydrogens is 224 g/mol. The summed E-state index contributed by atoms with van der Waals surface area (Å²) in [6.07, 6.45) is 1.16. The first kappa shape index (κ1) is 13.5. The first-order valence-corrected chi connectivity index (χ1v) is 6.87. The van der Waals surface area contributed by atoms with Crippen molar-refractivity contribution < 1.29 is 4.74 Å². The van der Waals surface area contributed by atoms with Crippen LogP contribution in [0.15, 0.2) is 24.3 Å². The van der Waals surface area contributed by atoms with E-state index >= 15 is 0 Å². The van der Waals surface area contributed by atoms with Crippen LogP contribution in [0.1, 0.15) is 24.5 Å². The SMILES string of the molecule is CCC1COCCN1Cc1cccc(CNC)c1. The lowest BCUT2D eigenvalue weighted by Gasteiger charge is -2.35. The second-order valence-electron chi connectivity index (χ2n) is 4.96. The van der Waals surface area contributed by atoms with Crippen LogP contribution in [-0.4, -0.2) is 37.7 Å². The van der Waals surface area contributed by atoms with E-state index in [0.717, 1.165) is 39.3 Å². The second kappa shape index (κ2) is 6.88. The van der Waals surface area contributed by atoms with Crippen molar-refractivity contribution in [3.63, 3.8) is 0 Å². The van der Waals surface area contributed by atoms with Gasteiger partial charge in [-0.2, -0.15) is 0 Å². The Balaban J connectivity index is 2.00. The molecule has 1 N–H and O–H groups in total. The van der Waals surface area contributed by atoms with Crippen molar-refractivity contribution >= 4 is 0 Å². The molecule has 3 nitrogen and oxygen atoms in total. The number of morpholine rings is 1. The molecule has 2 rings (SSSR count). The summed E-state index contributed by atoms with van der Waals surface area (Å²) in [5.74, 6) is 0. The lowest BCUT2D eigenvalue weighted by Crippen LogP contribution is -2.44. The van der Waals surface area contributed by atoms with Crippen molar-refractivity contribution in [2.45, 2.75) is 32.5 Å². The number of nitrogens with one attached hydrogen (secondary N) is 1. The molecule has 1 aromatic rings. The minimum absolute atomic E-state index is 0.576. The predicted molar refractivity (Wildman–Crippen MR) is 74.5 cm³/mol. The Morgan fingerprint density at radius 3 is 3.00 bits per heavy atom. The number of rotatable bonds is 5. The Morgan fingerprint density at radius 2 is 2.22 bits per heavy atom. The summed E-state index contributed by atoms with van der Waals surface area (Å²) in [6.45, 7) is 7.02. The minimum Gasteiger partial charge on any atom is -0.378 e. The van der Waals surface area contributed by atoms with Gasteiger partial charge in [-0.05, 0) is 24.6 Å². The van der Waals surface area contributed by atoms with Gasteiger partial charge in [-0.3, -0.25) is 4.90 Å². The molecule has 0 spiro atoms. The Labute approximate surface area is 110 Å². The first-order valence-electron chi connectivity index (χ1n) is 6.87. The van der Waals surface area contributed by atoms with E-state index in [1.807, 2.05) is 7.05 Å². The lowest BCUT2D eigenvalue weighted by atomic mass is 10.1. The van der Waals surface area contributed by atoms with Crippen LogP contribution in [0.2, 0.25) is 0 Å². The zero-order chi connectivity index (χ0) is 12.8. The van der Waals surface area contributed by atoms with E-state index in [0.29, 0.717) is 6.04 Å². The minimum atomic E-state index is 0.576. The molecule has 1 unspecified atom stereocenters. The quantitative estimate of drug-likeness (QED) is 0.863. The summed E-state index contributed by atoms with van der Waals surface area (Å²) in [4.78, 5) is 2.54. The zero-order valence-corrected chi connectivity index (χ0v) is 11.5. The van der Waals surface area contributed by atoms with E-state index in [4.69, 9.17) is 4.74 Å². The van der Waals surface area contributed by atoms with E-state index in [9.17, 15) is 0 Å². The maximum absolute atomic E-state index is 5.55. The Kier molecular flexibility index (Phi) is 5.17. The van der Waals surface area contributed by atoms with Gasteiger partial charge in [0.05, 0.1) is 13.2 Å². The zero-order valence-electron chi connectivity index (χ0n) is 11.5. The van der Waals surface area contributed by atoms with Crippen LogP contribution in [0, 0.1) is 0 Å². The first-order chi connectivity index (χ1) is 8.83. The fourth-order valence-corrected chi connectivity index (χ4v) is 2.55. The molecule has 1 heterocycles. The molecule has 0 aromatic heterocycles. The third-order valence-corrected chi connectivity index (χ3v) is 3.58. The molecule has 100 valence electrons. The van der Waals surface area contributed by atoms with E-state index < -0.39 is 0 Å². The molecule has 1 aliphatic heterocycles. The van der Waals surface area contributed by atoms with E-state index in [2.05, 4.69) is 41.4 Å². The second-order valence-corrected chi connectivity index (χ2v) is 4.96. The topological polar surface area (TPSA) is 24.5 Å². The van der Waals surface area contributed by atoms with E-state index in [1.165, 1.54) is 11.1 Å². The van der Waals surface area contributed by atoms with Crippen molar-refractivity contribution in [1.29, 1.82) is 0 Å². The fourth-order valence-electron chi connectivity index (χ4n) is 2.55.